The molecule has 1 saturated heterocycles. The maximum atomic E-state index is 12.8. The monoisotopic (exact) mass is 449 g/mol. The first-order valence-corrected chi connectivity index (χ1v) is 11.7. The number of nitriles is 1. The highest BCUT2D eigenvalue weighted by molar-refractivity contribution is 7.89. The predicted molar refractivity (Wildman–Crippen MR) is 120 cm³/mol. The topological polar surface area (TPSA) is 99.5 Å². The zero-order valence-electron chi connectivity index (χ0n) is 17.6. The Bertz CT molecular complexity index is 1310. The van der Waals surface area contributed by atoms with Gasteiger partial charge < -0.3 is 9.64 Å². The van der Waals surface area contributed by atoms with Gasteiger partial charge in [-0.05, 0) is 59.2 Å². The number of carbonyl (C=O) groups is 1. The second-order valence-corrected chi connectivity index (χ2v) is 9.55. The zero-order chi connectivity index (χ0) is 22.7. The van der Waals surface area contributed by atoms with E-state index in [1.165, 1.54) is 0 Å². The molecule has 8 heteroatoms. The average Bonchev–Trinajstić information content (AvgIpc) is 3.16. The van der Waals surface area contributed by atoms with E-state index in [1.54, 1.807) is 54.5 Å². The van der Waals surface area contributed by atoms with Crippen molar-refractivity contribution in [1.29, 1.82) is 5.26 Å². The Labute approximate surface area is 187 Å². The van der Waals surface area contributed by atoms with Gasteiger partial charge in [0.25, 0.3) is 0 Å². The molecule has 0 aliphatic carbocycles. The van der Waals surface area contributed by atoms with E-state index >= 15 is 0 Å². The number of fused-ring (bicyclic) bond motifs is 1. The van der Waals surface area contributed by atoms with Crippen molar-refractivity contribution in [3.05, 3.63) is 71.8 Å². The first-order valence-electron chi connectivity index (χ1n) is 10.2. The van der Waals surface area contributed by atoms with Crippen LogP contribution in [-0.2, 0) is 21.4 Å². The lowest BCUT2D eigenvalue weighted by atomic mass is 10.1. The number of rotatable bonds is 7. The second-order valence-electron chi connectivity index (χ2n) is 7.78. The summed E-state index contributed by atoms with van der Waals surface area (Å²) in [6.07, 6.45) is 0.580. The third-order valence-electron chi connectivity index (χ3n) is 5.69. The standard InChI is InChI=1S/C24H23N3O4S/c1-31-22-7-5-20-13-23(8-6-19(20)12-22)32(29,30)26-15-21-9-10-27(24(21)28)16-18-4-2-3-17(11-18)14-25/h2-8,11-13,21,26H,9-10,15-16H2,1H3/t21-/m0/s1. The molecule has 1 heterocycles. The quantitative estimate of drug-likeness (QED) is 0.598. The number of hydrogen-bond acceptors (Lipinski definition) is 5. The van der Waals surface area contributed by atoms with E-state index in [4.69, 9.17) is 10.00 Å². The molecule has 0 unspecified atom stereocenters. The largest absolute Gasteiger partial charge is 0.497 e. The summed E-state index contributed by atoms with van der Waals surface area (Å²) < 4.78 is 33.4. The number of likely N-dealkylation sites (tertiary alicyclic amines) is 1. The van der Waals surface area contributed by atoms with E-state index in [0.717, 1.165) is 16.3 Å². The summed E-state index contributed by atoms with van der Waals surface area (Å²) in [5, 5.41) is 10.7. The fraction of sp³-hybridized carbons (Fsp3) is 0.250. The van der Waals surface area contributed by atoms with Crippen molar-refractivity contribution >= 4 is 26.7 Å². The Kier molecular flexibility index (Phi) is 6.12. The Morgan fingerprint density at radius 1 is 1.12 bits per heavy atom. The Balaban J connectivity index is 1.41. The molecular weight excluding hydrogens is 426 g/mol. The highest BCUT2D eigenvalue weighted by Gasteiger charge is 2.32. The number of sulfonamides is 1. The van der Waals surface area contributed by atoms with Crippen molar-refractivity contribution in [2.75, 3.05) is 20.2 Å². The Morgan fingerprint density at radius 3 is 2.69 bits per heavy atom. The van der Waals surface area contributed by atoms with E-state index < -0.39 is 15.9 Å². The predicted octanol–water partition coefficient (Wildman–Crippen LogP) is 3.05. The van der Waals surface area contributed by atoms with E-state index in [2.05, 4.69) is 10.8 Å². The number of nitrogens with one attached hydrogen (secondary N) is 1. The van der Waals surface area contributed by atoms with Crippen molar-refractivity contribution in [2.24, 2.45) is 5.92 Å². The third kappa shape index (κ3) is 4.59. The van der Waals surface area contributed by atoms with Gasteiger partial charge in [-0.2, -0.15) is 5.26 Å². The summed E-state index contributed by atoms with van der Waals surface area (Å²) in [4.78, 5) is 14.6. The fourth-order valence-electron chi connectivity index (χ4n) is 3.90. The number of carbonyl (C=O) groups excluding carboxylic acids is 1. The number of hydrogen-bond donors (Lipinski definition) is 1. The molecule has 1 fully saturated rings. The SMILES string of the molecule is COc1ccc2cc(S(=O)(=O)NC[C@@H]3CCN(Cc4cccc(C#N)c4)C3=O)ccc2c1. The Hall–Kier alpha value is -3.41. The number of amides is 1. The molecule has 1 N–H and O–H groups in total. The van der Waals surface area contributed by atoms with Gasteiger partial charge in [0.2, 0.25) is 15.9 Å². The van der Waals surface area contributed by atoms with Gasteiger partial charge in [-0.1, -0.05) is 24.3 Å². The van der Waals surface area contributed by atoms with Crippen LogP contribution in [0.4, 0.5) is 0 Å². The summed E-state index contributed by atoms with van der Waals surface area (Å²) in [6, 6.07) is 19.6. The molecule has 0 spiro atoms. The third-order valence-corrected chi connectivity index (χ3v) is 7.11. The highest BCUT2D eigenvalue weighted by Crippen LogP contribution is 2.25. The minimum absolute atomic E-state index is 0.0521. The van der Waals surface area contributed by atoms with Crippen LogP contribution in [-0.4, -0.2) is 39.4 Å². The summed E-state index contributed by atoms with van der Waals surface area (Å²) in [5.41, 5.74) is 1.43. The molecule has 0 saturated carbocycles. The smallest absolute Gasteiger partial charge is 0.240 e. The zero-order valence-corrected chi connectivity index (χ0v) is 18.4. The van der Waals surface area contributed by atoms with E-state index in [1.807, 2.05) is 18.2 Å². The van der Waals surface area contributed by atoms with Crippen LogP contribution in [0.1, 0.15) is 17.5 Å². The fourth-order valence-corrected chi connectivity index (χ4v) is 5.02. The number of ether oxygens (including phenoxy) is 1. The molecule has 1 aliphatic rings. The van der Waals surface area contributed by atoms with Crippen LogP contribution < -0.4 is 9.46 Å². The normalized spacial score (nSPS) is 16.3. The summed E-state index contributed by atoms with van der Waals surface area (Å²) in [5.74, 6) is 0.212. The van der Waals surface area contributed by atoms with Gasteiger partial charge in [0.15, 0.2) is 0 Å². The lowest BCUT2D eigenvalue weighted by Crippen LogP contribution is -2.34. The van der Waals surface area contributed by atoms with Crippen LogP contribution in [0.25, 0.3) is 10.8 Å². The van der Waals surface area contributed by atoms with E-state index in [0.29, 0.717) is 30.8 Å². The maximum Gasteiger partial charge on any atom is 0.240 e. The summed E-state index contributed by atoms with van der Waals surface area (Å²) in [6.45, 7) is 1.02. The van der Waals surface area contributed by atoms with Crippen LogP contribution in [0.2, 0.25) is 0 Å². The lowest BCUT2D eigenvalue weighted by Gasteiger charge is -2.17. The number of methoxy groups -OCH3 is 1. The van der Waals surface area contributed by atoms with Crippen molar-refractivity contribution < 1.29 is 17.9 Å². The van der Waals surface area contributed by atoms with Crippen LogP contribution in [0, 0.1) is 17.2 Å². The molecule has 164 valence electrons. The van der Waals surface area contributed by atoms with Gasteiger partial charge in [0, 0.05) is 19.6 Å². The number of nitrogens with zero attached hydrogens (tertiary/aromatic N) is 2. The van der Waals surface area contributed by atoms with Gasteiger partial charge in [-0.3, -0.25) is 4.79 Å². The molecular formula is C24H23N3O4S. The highest BCUT2D eigenvalue weighted by atomic mass is 32.2. The molecule has 1 amide bonds. The van der Waals surface area contributed by atoms with E-state index in [-0.39, 0.29) is 17.3 Å². The minimum atomic E-state index is -3.75. The lowest BCUT2D eigenvalue weighted by molar-refractivity contribution is -0.131. The van der Waals surface area contributed by atoms with Crippen LogP contribution >= 0.6 is 0 Å². The maximum absolute atomic E-state index is 12.8. The van der Waals surface area contributed by atoms with Gasteiger partial charge in [0.1, 0.15) is 5.75 Å². The molecule has 3 aromatic rings. The first-order chi connectivity index (χ1) is 15.4. The second kappa shape index (κ2) is 8.99. The van der Waals surface area contributed by atoms with Gasteiger partial charge in [0.05, 0.1) is 29.6 Å². The van der Waals surface area contributed by atoms with Gasteiger partial charge >= 0.3 is 0 Å². The average molecular weight is 450 g/mol. The van der Waals surface area contributed by atoms with Gasteiger partial charge in [-0.25, -0.2) is 13.1 Å². The summed E-state index contributed by atoms with van der Waals surface area (Å²) in [7, 11) is -2.17. The molecule has 0 aromatic heterocycles. The number of benzene rings is 3. The molecule has 0 bridgehead atoms. The first kappa shape index (κ1) is 21.8. The molecule has 7 nitrogen and oxygen atoms in total. The van der Waals surface area contributed by atoms with Crippen LogP contribution in [0.3, 0.4) is 0 Å². The molecule has 3 aromatic carbocycles. The molecule has 32 heavy (non-hydrogen) atoms. The minimum Gasteiger partial charge on any atom is -0.497 e. The summed E-state index contributed by atoms with van der Waals surface area (Å²) >= 11 is 0. The van der Waals surface area contributed by atoms with E-state index in [9.17, 15) is 13.2 Å². The Morgan fingerprint density at radius 2 is 1.91 bits per heavy atom. The van der Waals surface area contributed by atoms with Crippen molar-refractivity contribution in [2.45, 2.75) is 17.9 Å². The van der Waals surface area contributed by atoms with Crippen molar-refractivity contribution in [3.8, 4) is 11.8 Å². The molecule has 0 radical (unpaired) electrons. The van der Waals surface area contributed by atoms with Gasteiger partial charge in [-0.15, -0.1) is 0 Å². The molecule has 1 aliphatic heterocycles. The molecule has 1 atom stereocenters. The van der Waals surface area contributed by atoms with Crippen LogP contribution in [0.5, 0.6) is 5.75 Å². The van der Waals surface area contributed by atoms with Crippen molar-refractivity contribution in [1.82, 2.24) is 9.62 Å². The van der Waals surface area contributed by atoms with Crippen LogP contribution in [0.15, 0.2) is 65.6 Å². The molecule has 4 rings (SSSR count). The van der Waals surface area contributed by atoms with Crippen molar-refractivity contribution in [3.63, 3.8) is 0 Å².